The van der Waals surface area contributed by atoms with Crippen molar-refractivity contribution in [2.24, 2.45) is 0 Å². The molecule has 16 heavy (non-hydrogen) atoms. The monoisotopic (exact) mass is 242 g/mol. The van der Waals surface area contributed by atoms with Gasteiger partial charge in [0.15, 0.2) is 6.29 Å². The molecular formula is C13H22O2S. The van der Waals surface area contributed by atoms with Gasteiger partial charge < -0.3 is 9.47 Å². The minimum absolute atomic E-state index is 0.219. The fourth-order valence-electron chi connectivity index (χ4n) is 1.11. The van der Waals surface area contributed by atoms with Crippen molar-refractivity contribution in [3.05, 3.63) is 11.5 Å². The van der Waals surface area contributed by atoms with Crippen molar-refractivity contribution >= 4 is 11.8 Å². The maximum absolute atomic E-state index is 5.65. The van der Waals surface area contributed by atoms with Gasteiger partial charge >= 0.3 is 0 Å². The lowest BCUT2D eigenvalue weighted by Gasteiger charge is -2.23. The van der Waals surface area contributed by atoms with E-state index in [0.717, 1.165) is 5.75 Å². The van der Waals surface area contributed by atoms with Crippen LogP contribution in [0.5, 0.6) is 0 Å². The standard InChI is InChI=1S/C13H22O2S/c1-6-14-12(3)15-13(4,5)10-8-9-11-16-7-2/h9,11-12H,6-7H2,1-5H3/b11-9+. The van der Waals surface area contributed by atoms with E-state index in [2.05, 4.69) is 18.8 Å². The summed E-state index contributed by atoms with van der Waals surface area (Å²) < 4.78 is 11.0. The lowest BCUT2D eigenvalue weighted by molar-refractivity contribution is -0.169. The Kier molecular flexibility index (Phi) is 8.46. The van der Waals surface area contributed by atoms with Gasteiger partial charge in [-0.25, -0.2) is 0 Å². The third-order valence-corrected chi connectivity index (χ3v) is 2.31. The number of hydrogen-bond donors (Lipinski definition) is 0. The Labute approximate surface area is 104 Å². The Morgan fingerprint density at radius 3 is 2.62 bits per heavy atom. The van der Waals surface area contributed by atoms with Crippen molar-refractivity contribution in [2.45, 2.75) is 46.5 Å². The molecule has 0 N–H and O–H groups in total. The van der Waals surface area contributed by atoms with Crippen molar-refractivity contribution in [3.8, 4) is 11.8 Å². The zero-order valence-electron chi connectivity index (χ0n) is 10.9. The molecule has 0 rings (SSSR count). The first kappa shape index (κ1) is 15.6. The predicted molar refractivity (Wildman–Crippen MR) is 71.3 cm³/mol. The SMILES string of the molecule is CCOC(C)OC(C)(C)C#C/C=C/SCC. The van der Waals surface area contributed by atoms with Crippen LogP contribution in [0.3, 0.4) is 0 Å². The van der Waals surface area contributed by atoms with Gasteiger partial charge in [-0.15, -0.1) is 11.8 Å². The summed E-state index contributed by atoms with van der Waals surface area (Å²) in [7, 11) is 0. The molecule has 1 unspecified atom stereocenters. The van der Waals surface area contributed by atoms with E-state index in [1.54, 1.807) is 11.8 Å². The fourth-order valence-corrected chi connectivity index (χ4v) is 1.46. The fraction of sp³-hybridized carbons (Fsp3) is 0.692. The highest BCUT2D eigenvalue weighted by Crippen LogP contribution is 2.11. The summed E-state index contributed by atoms with van der Waals surface area (Å²) in [5.74, 6) is 7.10. The number of thioether (sulfide) groups is 1. The van der Waals surface area contributed by atoms with Crippen LogP contribution in [0.2, 0.25) is 0 Å². The molecule has 0 aliphatic carbocycles. The van der Waals surface area contributed by atoms with E-state index < -0.39 is 5.60 Å². The molecule has 0 saturated heterocycles. The van der Waals surface area contributed by atoms with Crippen molar-refractivity contribution in [2.75, 3.05) is 12.4 Å². The van der Waals surface area contributed by atoms with E-state index in [1.807, 2.05) is 39.2 Å². The van der Waals surface area contributed by atoms with Crippen LogP contribution in [0.25, 0.3) is 0 Å². The molecule has 2 nitrogen and oxygen atoms in total. The molecule has 0 radical (unpaired) electrons. The average molecular weight is 242 g/mol. The Morgan fingerprint density at radius 1 is 1.38 bits per heavy atom. The first-order valence-electron chi connectivity index (χ1n) is 5.60. The molecule has 0 aromatic carbocycles. The van der Waals surface area contributed by atoms with E-state index in [-0.39, 0.29) is 6.29 Å². The Bertz CT molecular complexity index is 261. The van der Waals surface area contributed by atoms with Gasteiger partial charge in [-0.05, 0) is 44.9 Å². The third-order valence-electron chi connectivity index (χ3n) is 1.65. The Morgan fingerprint density at radius 2 is 2.06 bits per heavy atom. The van der Waals surface area contributed by atoms with E-state index in [9.17, 15) is 0 Å². The van der Waals surface area contributed by atoms with Crippen LogP contribution < -0.4 is 0 Å². The molecule has 0 fully saturated rings. The molecule has 0 heterocycles. The highest BCUT2D eigenvalue weighted by Gasteiger charge is 2.18. The van der Waals surface area contributed by atoms with Gasteiger partial charge in [0, 0.05) is 6.61 Å². The van der Waals surface area contributed by atoms with Crippen LogP contribution in [0.4, 0.5) is 0 Å². The summed E-state index contributed by atoms with van der Waals surface area (Å²) in [6.45, 7) is 10.5. The van der Waals surface area contributed by atoms with E-state index in [1.165, 1.54) is 0 Å². The van der Waals surface area contributed by atoms with Gasteiger partial charge in [-0.3, -0.25) is 0 Å². The molecule has 92 valence electrons. The second-order valence-electron chi connectivity index (χ2n) is 3.68. The molecule has 0 bridgehead atoms. The van der Waals surface area contributed by atoms with Crippen LogP contribution in [-0.4, -0.2) is 24.3 Å². The quantitative estimate of drug-likeness (QED) is 0.525. The largest absolute Gasteiger partial charge is 0.353 e. The summed E-state index contributed by atoms with van der Waals surface area (Å²) in [5, 5.41) is 2.00. The minimum atomic E-state index is -0.476. The van der Waals surface area contributed by atoms with E-state index >= 15 is 0 Å². The molecule has 0 aliphatic heterocycles. The molecule has 0 spiro atoms. The molecule has 0 aliphatic rings. The predicted octanol–water partition coefficient (Wildman–Crippen LogP) is 3.43. The number of hydrogen-bond acceptors (Lipinski definition) is 3. The number of ether oxygens (including phenoxy) is 2. The number of rotatable bonds is 6. The maximum Gasteiger partial charge on any atom is 0.156 e. The molecule has 0 aromatic rings. The van der Waals surface area contributed by atoms with Crippen molar-refractivity contribution < 1.29 is 9.47 Å². The highest BCUT2D eigenvalue weighted by atomic mass is 32.2. The maximum atomic E-state index is 5.65. The van der Waals surface area contributed by atoms with Crippen LogP contribution >= 0.6 is 11.8 Å². The van der Waals surface area contributed by atoms with Crippen LogP contribution in [0.15, 0.2) is 11.5 Å². The van der Waals surface area contributed by atoms with Gasteiger partial charge in [-0.1, -0.05) is 18.8 Å². The summed E-state index contributed by atoms with van der Waals surface area (Å²) in [4.78, 5) is 0. The lowest BCUT2D eigenvalue weighted by Crippen LogP contribution is -2.29. The van der Waals surface area contributed by atoms with E-state index in [0.29, 0.717) is 6.61 Å². The Balaban J connectivity index is 4.11. The average Bonchev–Trinajstić information content (AvgIpc) is 2.16. The van der Waals surface area contributed by atoms with Crippen molar-refractivity contribution in [1.82, 2.24) is 0 Å². The van der Waals surface area contributed by atoms with Crippen molar-refractivity contribution in [3.63, 3.8) is 0 Å². The smallest absolute Gasteiger partial charge is 0.156 e. The topological polar surface area (TPSA) is 18.5 Å². The number of allylic oxidation sites excluding steroid dienone is 1. The van der Waals surface area contributed by atoms with Gasteiger partial charge in [0.2, 0.25) is 0 Å². The molecule has 3 heteroatoms. The second-order valence-corrected chi connectivity index (χ2v) is 4.86. The first-order chi connectivity index (χ1) is 7.52. The highest BCUT2D eigenvalue weighted by molar-refractivity contribution is 8.02. The van der Waals surface area contributed by atoms with Gasteiger partial charge in [0.1, 0.15) is 5.60 Å². The second kappa shape index (κ2) is 8.69. The molecule has 1 atom stereocenters. The normalized spacial score (nSPS) is 13.6. The van der Waals surface area contributed by atoms with Gasteiger partial charge in [-0.2, -0.15) is 0 Å². The Hall–Kier alpha value is -0.430. The third kappa shape index (κ3) is 8.84. The first-order valence-corrected chi connectivity index (χ1v) is 6.65. The summed E-state index contributed by atoms with van der Waals surface area (Å²) in [6, 6.07) is 0. The molecule has 0 aromatic heterocycles. The van der Waals surface area contributed by atoms with Gasteiger partial charge in [0.05, 0.1) is 0 Å². The summed E-state index contributed by atoms with van der Waals surface area (Å²) >= 11 is 1.73. The molecule has 0 saturated carbocycles. The molecular weight excluding hydrogens is 220 g/mol. The van der Waals surface area contributed by atoms with Crippen LogP contribution in [0, 0.1) is 11.8 Å². The summed E-state index contributed by atoms with van der Waals surface area (Å²) in [6.07, 6.45) is 1.63. The van der Waals surface area contributed by atoms with E-state index in [4.69, 9.17) is 9.47 Å². The molecule has 0 amide bonds. The van der Waals surface area contributed by atoms with Crippen molar-refractivity contribution in [1.29, 1.82) is 0 Å². The zero-order chi connectivity index (χ0) is 12.4. The minimum Gasteiger partial charge on any atom is -0.353 e. The van der Waals surface area contributed by atoms with Gasteiger partial charge in [0.25, 0.3) is 0 Å². The lowest BCUT2D eigenvalue weighted by atomic mass is 10.1. The zero-order valence-corrected chi connectivity index (χ0v) is 11.7. The van der Waals surface area contributed by atoms with Crippen LogP contribution in [0.1, 0.15) is 34.6 Å². The summed E-state index contributed by atoms with van der Waals surface area (Å²) in [5.41, 5.74) is -0.476. The van der Waals surface area contributed by atoms with Crippen LogP contribution in [-0.2, 0) is 9.47 Å².